The molecule has 3 heteroatoms. The van der Waals surface area contributed by atoms with E-state index in [9.17, 15) is 0 Å². The molecule has 1 fully saturated rings. The average molecular weight is 216 g/mol. The third-order valence-corrected chi connectivity index (χ3v) is 3.71. The van der Waals surface area contributed by atoms with Crippen LogP contribution < -0.4 is 0 Å². The molecule has 0 heterocycles. The van der Waals surface area contributed by atoms with Crippen molar-refractivity contribution in [3.63, 3.8) is 0 Å². The maximum atomic E-state index is 9.08. The molecule has 1 aliphatic carbocycles. The first-order chi connectivity index (χ1) is 6.36. The Morgan fingerprint density at radius 3 is 2.29 bits per heavy atom. The van der Waals surface area contributed by atoms with Gasteiger partial charge in [-0.15, -0.1) is 0 Å². The van der Waals surface area contributed by atoms with Gasteiger partial charge in [0.15, 0.2) is 9.04 Å². The summed E-state index contributed by atoms with van der Waals surface area (Å²) in [6, 6.07) is 0. The number of aliphatic hydroxyl groups is 1. The second-order valence-corrected chi connectivity index (χ2v) is 8.18. The summed E-state index contributed by atoms with van der Waals surface area (Å²) in [5.74, 6) is 1.11. The Hall–Kier alpha value is 0.137. The van der Waals surface area contributed by atoms with E-state index in [2.05, 4.69) is 33.9 Å². The fourth-order valence-electron chi connectivity index (χ4n) is 2.09. The summed E-state index contributed by atoms with van der Waals surface area (Å²) in [7, 11) is -0.964. The molecule has 84 valence electrons. The molecule has 0 aromatic carbocycles. The Labute approximate surface area is 89.4 Å². The van der Waals surface area contributed by atoms with E-state index in [1.807, 2.05) is 0 Å². The lowest BCUT2D eigenvalue weighted by atomic mass is 9.86. The van der Waals surface area contributed by atoms with Gasteiger partial charge in [-0.3, -0.25) is 0 Å². The summed E-state index contributed by atoms with van der Waals surface area (Å²) in [4.78, 5) is 0. The molecule has 1 rings (SSSR count). The summed E-state index contributed by atoms with van der Waals surface area (Å²) in [5, 5.41) is 9.08. The highest BCUT2D eigenvalue weighted by atomic mass is 28.3. The highest BCUT2D eigenvalue weighted by Gasteiger charge is 2.47. The van der Waals surface area contributed by atoms with Crippen LogP contribution >= 0.6 is 0 Å². The van der Waals surface area contributed by atoms with Crippen molar-refractivity contribution in [2.24, 2.45) is 17.3 Å². The van der Waals surface area contributed by atoms with Gasteiger partial charge in [-0.1, -0.05) is 20.8 Å². The standard InChI is InChI=1S/C11H24O2Si/c1-11(2,3)10(13-14(4)5)9-6-8(9)7-12/h8-10,12,14H,6-7H2,1-5H3/t8-,9+,10?/m0/s1. The zero-order valence-electron chi connectivity index (χ0n) is 10.1. The van der Waals surface area contributed by atoms with Crippen LogP contribution in [0.2, 0.25) is 13.1 Å². The molecule has 14 heavy (non-hydrogen) atoms. The zero-order chi connectivity index (χ0) is 10.9. The molecule has 1 aliphatic rings. The fraction of sp³-hybridized carbons (Fsp3) is 1.00. The van der Waals surface area contributed by atoms with E-state index in [1.165, 1.54) is 0 Å². The molecule has 1 N–H and O–H groups in total. The zero-order valence-corrected chi connectivity index (χ0v) is 11.2. The third-order valence-electron chi connectivity index (χ3n) is 2.87. The van der Waals surface area contributed by atoms with Gasteiger partial charge in [-0.05, 0) is 36.8 Å². The van der Waals surface area contributed by atoms with Crippen LogP contribution in [0.3, 0.4) is 0 Å². The summed E-state index contributed by atoms with van der Waals surface area (Å²) in [5.41, 5.74) is 0.214. The molecule has 0 spiro atoms. The summed E-state index contributed by atoms with van der Waals surface area (Å²) < 4.78 is 6.10. The topological polar surface area (TPSA) is 29.5 Å². The Morgan fingerprint density at radius 1 is 1.43 bits per heavy atom. The van der Waals surface area contributed by atoms with Gasteiger partial charge >= 0.3 is 0 Å². The molecule has 0 bridgehead atoms. The minimum Gasteiger partial charge on any atom is -0.417 e. The number of aliphatic hydroxyl groups excluding tert-OH is 1. The van der Waals surface area contributed by atoms with E-state index in [0.29, 0.717) is 24.5 Å². The van der Waals surface area contributed by atoms with Crippen LogP contribution in [-0.4, -0.2) is 26.9 Å². The molecule has 0 radical (unpaired) electrons. The van der Waals surface area contributed by atoms with E-state index in [0.717, 1.165) is 6.42 Å². The first-order valence-electron chi connectivity index (χ1n) is 5.62. The van der Waals surface area contributed by atoms with Crippen molar-refractivity contribution >= 4 is 9.04 Å². The Morgan fingerprint density at radius 2 is 2.00 bits per heavy atom. The Bertz CT molecular complexity index is 186. The first-order valence-corrected chi connectivity index (χ1v) is 8.40. The smallest absolute Gasteiger partial charge is 0.171 e. The van der Waals surface area contributed by atoms with Crippen LogP contribution in [0.5, 0.6) is 0 Å². The van der Waals surface area contributed by atoms with Gasteiger partial charge in [-0.25, -0.2) is 0 Å². The minimum atomic E-state index is -0.964. The van der Waals surface area contributed by atoms with Gasteiger partial charge in [-0.2, -0.15) is 0 Å². The Balaban J connectivity index is 2.55. The van der Waals surface area contributed by atoms with E-state index in [-0.39, 0.29) is 5.41 Å². The van der Waals surface area contributed by atoms with Crippen LogP contribution in [0.25, 0.3) is 0 Å². The van der Waals surface area contributed by atoms with Crippen LogP contribution in [-0.2, 0) is 4.43 Å². The lowest BCUT2D eigenvalue weighted by Gasteiger charge is -2.33. The van der Waals surface area contributed by atoms with Crippen molar-refractivity contribution < 1.29 is 9.53 Å². The van der Waals surface area contributed by atoms with Crippen LogP contribution in [0.15, 0.2) is 0 Å². The number of hydrogen-bond acceptors (Lipinski definition) is 2. The minimum absolute atomic E-state index is 0.214. The van der Waals surface area contributed by atoms with Crippen LogP contribution in [0, 0.1) is 17.3 Å². The molecule has 1 unspecified atom stereocenters. The molecule has 0 saturated heterocycles. The van der Waals surface area contributed by atoms with Gasteiger partial charge in [0.05, 0.1) is 6.10 Å². The first kappa shape index (κ1) is 12.2. The predicted molar refractivity (Wildman–Crippen MR) is 61.9 cm³/mol. The molecule has 1 saturated carbocycles. The molecule has 0 aromatic heterocycles. The number of hydrogen-bond donors (Lipinski definition) is 1. The van der Waals surface area contributed by atoms with Crippen LogP contribution in [0.4, 0.5) is 0 Å². The highest BCUT2D eigenvalue weighted by Crippen LogP contribution is 2.47. The summed E-state index contributed by atoms with van der Waals surface area (Å²) in [6.07, 6.45) is 1.51. The molecule has 2 nitrogen and oxygen atoms in total. The average Bonchev–Trinajstić information content (AvgIpc) is 2.76. The maximum Gasteiger partial charge on any atom is 0.171 e. The monoisotopic (exact) mass is 216 g/mol. The van der Waals surface area contributed by atoms with Crippen molar-refractivity contribution in [2.45, 2.75) is 46.4 Å². The van der Waals surface area contributed by atoms with E-state index in [1.54, 1.807) is 0 Å². The molecule has 0 aliphatic heterocycles. The summed E-state index contributed by atoms with van der Waals surface area (Å²) >= 11 is 0. The lowest BCUT2D eigenvalue weighted by Crippen LogP contribution is -2.35. The van der Waals surface area contributed by atoms with Crippen molar-refractivity contribution in [3.8, 4) is 0 Å². The molecule has 0 aromatic rings. The number of rotatable bonds is 4. The maximum absolute atomic E-state index is 9.08. The highest BCUT2D eigenvalue weighted by molar-refractivity contribution is 6.48. The second-order valence-electron chi connectivity index (χ2n) is 5.81. The van der Waals surface area contributed by atoms with Gasteiger partial charge in [0, 0.05) is 6.61 Å². The largest absolute Gasteiger partial charge is 0.417 e. The van der Waals surface area contributed by atoms with Crippen molar-refractivity contribution in [2.75, 3.05) is 6.61 Å². The van der Waals surface area contributed by atoms with Gasteiger partial charge < -0.3 is 9.53 Å². The molecule has 3 atom stereocenters. The van der Waals surface area contributed by atoms with Gasteiger partial charge in [0.1, 0.15) is 0 Å². The predicted octanol–water partition coefficient (Wildman–Crippen LogP) is 2.03. The molecule has 0 amide bonds. The lowest BCUT2D eigenvalue weighted by molar-refractivity contribution is 0.0580. The summed E-state index contributed by atoms with van der Waals surface area (Å²) in [6.45, 7) is 11.5. The Kier molecular flexibility index (Phi) is 3.78. The van der Waals surface area contributed by atoms with Crippen LogP contribution in [0.1, 0.15) is 27.2 Å². The van der Waals surface area contributed by atoms with Crippen molar-refractivity contribution in [3.05, 3.63) is 0 Å². The molecular weight excluding hydrogens is 192 g/mol. The fourth-order valence-corrected chi connectivity index (χ4v) is 3.29. The van der Waals surface area contributed by atoms with E-state index in [4.69, 9.17) is 9.53 Å². The normalized spacial score (nSPS) is 29.4. The van der Waals surface area contributed by atoms with Crippen molar-refractivity contribution in [1.82, 2.24) is 0 Å². The SMILES string of the molecule is C[SiH](C)OC([C@@H]1C[C@H]1CO)C(C)(C)C. The quantitative estimate of drug-likeness (QED) is 0.729. The van der Waals surface area contributed by atoms with Crippen molar-refractivity contribution in [1.29, 1.82) is 0 Å². The third kappa shape index (κ3) is 3.07. The second kappa shape index (κ2) is 4.33. The van der Waals surface area contributed by atoms with Gasteiger partial charge in [0.2, 0.25) is 0 Å². The van der Waals surface area contributed by atoms with E-state index < -0.39 is 9.04 Å². The van der Waals surface area contributed by atoms with E-state index >= 15 is 0 Å². The molecular formula is C11H24O2Si. The van der Waals surface area contributed by atoms with Gasteiger partial charge in [0.25, 0.3) is 0 Å².